The van der Waals surface area contributed by atoms with Gasteiger partial charge in [0, 0.05) is 57.1 Å². The molecule has 1 atom stereocenters. The minimum Gasteiger partial charge on any atom is -0.508 e. The van der Waals surface area contributed by atoms with Crippen LogP contribution >= 0.6 is 0 Å². The molecule has 0 amide bonds. The Morgan fingerprint density at radius 2 is 1.76 bits per heavy atom. The van der Waals surface area contributed by atoms with Gasteiger partial charge < -0.3 is 19.5 Å². The highest BCUT2D eigenvalue weighted by Gasteiger charge is 2.39. The molecule has 1 fully saturated rings. The summed E-state index contributed by atoms with van der Waals surface area (Å²) >= 11 is 0. The number of phenolic OH excluding ortho intramolecular Hbond substituents is 1. The largest absolute Gasteiger partial charge is 0.508 e. The van der Waals surface area contributed by atoms with Gasteiger partial charge in [-0.05, 0) is 56.3 Å². The van der Waals surface area contributed by atoms with E-state index in [1.54, 1.807) is 41.7 Å². The first-order valence-corrected chi connectivity index (χ1v) is 12.9. The van der Waals surface area contributed by atoms with E-state index in [0.717, 1.165) is 44.8 Å². The van der Waals surface area contributed by atoms with E-state index in [2.05, 4.69) is 9.80 Å². The first-order chi connectivity index (χ1) is 15.9. The number of sulfonamides is 1. The zero-order chi connectivity index (χ0) is 23.4. The lowest BCUT2D eigenvalue weighted by Crippen LogP contribution is -2.47. The molecule has 0 bridgehead atoms. The minimum atomic E-state index is -3.59. The van der Waals surface area contributed by atoms with Gasteiger partial charge in [0.2, 0.25) is 10.0 Å². The van der Waals surface area contributed by atoms with Gasteiger partial charge in [0.15, 0.2) is 0 Å². The molecule has 1 N–H and O–H groups in total. The lowest BCUT2D eigenvalue weighted by Gasteiger charge is -2.37. The summed E-state index contributed by atoms with van der Waals surface area (Å²) in [6.07, 6.45) is 0.426. The maximum Gasteiger partial charge on any atom is 0.243 e. The Hall–Kier alpha value is -2.33. The molecule has 2 aliphatic rings. The van der Waals surface area contributed by atoms with E-state index >= 15 is 0 Å². The van der Waals surface area contributed by atoms with Crippen LogP contribution in [0.1, 0.15) is 25.0 Å². The Kier molecular flexibility index (Phi) is 7.43. The van der Waals surface area contributed by atoms with Crippen molar-refractivity contribution in [1.82, 2.24) is 9.21 Å². The molecule has 0 radical (unpaired) electrons. The summed E-state index contributed by atoms with van der Waals surface area (Å²) in [5.74, 6) is 0.832. The van der Waals surface area contributed by atoms with Crippen LogP contribution in [0.3, 0.4) is 0 Å². The highest BCUT2D eigenvalue weighted by atomic mass is 32.2. The summed E-state index contributed by atoms with van der Waals surface area (Å²) in [6, 6.07) is 12.5. The van der Waals surface area contributed by atoms with Gasteiger partial charge in [-0.25, -0.2) is 8.42 Å². The van der Waals surface area contributed by atoms with Crippen molar-refractivity contribution in [3.05, 3.63) is 48.0 Å². The Bertz CT molecular complexity index is 1040. The Balaban J connectivity index is 1.35. The fourth-order valence-electron chi connectivity index (χ4n) is 4.67. The molecule has 180 valence electrons. The second-order valence-corrected chi connectivity index (χ2v) is 10.3. The number of ether oxygens (including phenoxy) is 2. The summed E-state index contributed by atoms with van der Waals surface area (Å²) in [5, 5.41) is 9.48. The maximum absolute atomic E-state index is 13.3. The molecule has 9 heteroatoms. The van der Waals surface area contributed by atoms with Crippen LogP contribution in [-0.4, -0.2) is 82.3 Å². The van der Waals surface area contributed by atoms with Crippen LogP contribution in [0.25, 0.3) is 0 Å². The fraction of sp³-hybridized carbons (Fsp3) is 0.500. The molecule has 1 unspecified atom stereocenters. The first-order valence-electron chi connectivity index (χ1n) is 11.5. The van der Waals surface area contributed by atoms with Crippen LogP contribution in [0.5, 0.6) is 11.5 Å². The molecule has 2 aliphatic heterocycles. The smallest absolute Gasteiger partial charge is 0.243 e. The number of piperazine rings is 1. The van der Waals surface area contributed by atoms with Gasteiger partial charge in [0.25, 0.3) is 0 Å². The zero-order valence-electron chi connectivity index (χ0n) is 19.3. The summed E-state index contributed by atoms with van der Waals surface area (Å²) in [7, 11) is -2.04. The monoisotopic (exact) mass is 475 g/mol. The standard InChI is InChI=1S/C24H33N3O5S/c1-3-32-22-18-27(33(29,30)23-7-4-6-21(31-2)24(22)23)13-5-12-25-14-16-26(17-15-25)19-8-10-20(28)11-9-19/h4,6-11,22,28H,3,5,12-18H2,1-2H3. The van der Waals surface area contributed by atoms with Gasteiger partial charge in [-0.2, -0.15) is 4.31 Å². The van der Waals surface area contributed by atoms with Crippen molar-refractivity contribution in [2.45, 2.75) is 24.3 Å². The summed E-state index contributed by atoms with van der Waals surface area (Å²) in [5.41, 5.74) is 1.74. The van der Waals surface area contributed by atoms with Crippen molar-refractivity contribution in [2.24, 2.45) is 0 Å². The number of benzene rings is 2. The SMILES string of the molecule is CCOC1CN(CCCN2CCN(c3ccc(O)cc3)CC2)S(=O)(=O)c2cccc(OC)c21. The van der Waals surface area contributed by atoms with Crippen molar-refractivity contribution in [1.29, 1.82) is 0 Å². The van der Waals surface area contributed by atoms with Crippen LogP contribution < -0.4 is 9.64 Å². The fourth-order valence-corrected chi connectivity index (χ4v) is 6.41. The van der Waals surface area contributed by atoms with E-state index in [1.807, 2.05) is 19.1 Å². The summed E-state index contributed by atoms with van der Waals surface area (Å²) in [4.78, 5) is 4.97. The molecule has 0 spiro atoms. The minimum absolute atomic E-state index is 0.276. The van der Waals surface area contributed by atoms with Gasteiger partial charge in [0.1, 0.15) is 17.6 Å². The quantitative estimate of drug-likeness (QED) is 0.629. The molecule has 8 nitrogen and oxygen atoms in total. The van der Waals surface area contributed by atoms with Crippen LogP contribution in [0.4, 0.5) is 5.69 Å². The lowest BCUT2D eigenvalue weighted by molar-refractivity contribution is 0.0405. The molecule has 0 aliphatic carbocycles. The molecule has 2 aromatic carbocycles. The van der Waals surface area contributed by atoms with Crippen LogP contribution in [-0.2, 0) is 14.8 Å². The van der Waals surface area contributed by atoms with Gasteiger partial charge in [-0.3, -0.25) is 4.90 Å². The first kappa shape index (κ1) is 23.8. The average molecular weight is 476 g/mol. The molecule has 0 saturated carbocycles. The van der Waals surface area contributed by atoms with Crippen LogP contribution in [0.2, 0.25) is 0 Å². The highest BCUT2D eigenvalue weighted by Crippen LogP contribution is 2.40. The Morgan fingerprint density at radius 1 is 1.03 bits per heavy atom. The van der Waals surface area contributed by atoms with Crippen molar-refractivity contribution in [3.8, 4) is 11.5 Å². The van der Waals surface area contributed by atoms with Crippen LogP contribution in [0.15, 0.2) is 47.4 Å². The predicted molar refractivity (Wildman–Crippen MR) is 127 cm³/mol. The van der Waals surface area contributed by atoms with Gasteiger partial charge in [0.05, 0.1) is 12.0 Å². The van der Waals surface area contributed by atoms with E-state index in [0.29, 0.717) is 31.0 Å². The van der Waals surface area contributed by atoms with Gasteiger partial charge in [-0.1, -0.05) is 6.07 Å². The number of phenols is 1. The Morgan fingerprint density at radius 3 is 2.42 bits per heavy atom. The number of methoxy groups -OCH3 is 1. The third-order valence-electron chi connectivity index (χ3n) is 6.39. The van der Waals surface area contributed by atoms with Crippen molar-refractivity contribution in [3.63, 3.8) is 0 Å². The second kappa shape index (κ2) is 10.3. The van der Waals surface area contributed by atoms with Crippen molar-refractivity contribution < 1.29 is 23.0 Å². The van der Waals surface area contributed by atoms with Crippen LogP contribution in [0, 0.1) is 0 Å². The summed E-state index contributed by atoms with van der Waals surface area (Å²) in [6.45, 7) is 7.70. The zero-order valence-corrected chi connectivity index (χ0v) is 20.1. The predicted octanol–water partition coefficient (Wildman–Crippen LogP) is 2.70. The molecular weight excluding hydrogens is 442 g/mol. The number of anilines is 1. The number of aromatic hydroxyl groups is 1. The third-order valence-corrected chi connectivity index (χ3v) is 8.32. The second-order valence-electron chi connectivity index (χ2n) is 8.38. The molecule has 2 heterocycles. The molecule has 4 rings (SSSR count). The number of fused-ring (bicyclic) bond motifs is 1. The number of hydrogen-bond donors (Lipinski definition) is 1. The maximum atomic E-state index is 13.3. The van der Waals surface area contributed by atoms with E-state index in [9.17, 15) is 13.5 Å². The average Bonchev–Trinajstić information content (AvgIpc) is 2.82. The molecule has 33 heavy (non-hydrogen) atoms. The normalized spacial score (nSPS) is 21.0. The van der Waals surface area contributed by atoms with Gasteiger partial charge in [-0.15, -0.1) is 0 Å². The Labute approximate surface area is 196 Å². The van der Waals surface area contributed by atoms with Crippen molar-refractivity contribution >= 4 is 15.7 Å². The molecule has 0 aromatic heterocycles. The van der Waals surface area contributed by atoms with Gasteiger partial charge >= 0.3 is 0 Å². The van der Waals surface area contributed by atoms with Crippen molar-refractivity contribution in [2.75, 3.05) is 64.4 Å². The van der Waals surface area contributed by atoms with E-state index < -0.39 is 10.0 Å². The third kappa shape index (κ3) is 5.11. The highest BCUT2D eigenvalue weighted by molar-refractivity contribution is 7.89. The van der Waals surface area contributed by atoms with E-state index in [-0.39, 0.29) is 16.7 Å². The van der Waals surface area contributed by atoms with E-state index in [1.165, 1.54) is 0 Å². The topological polar surface area (TPSA) is 82.6 Å². The summed E-state index contributed by atoms with van der Waals surface area (Å²) < 4.78 is 39.5. The number of nitrogens with zero attached hydrogens (tertiary/aromatic N) is 3. The van der Waals surface area contributed by atoms with E-state index in [4.69, 9.17) is 9.47 Å². The molecular formula is C24H33N3O5S. The lowest BCUT2D eigenvalue weighted by atomic mass is 10.1. The molecule has 2 aromatic rings. The number of hydrogen-bond acceptors (Lipinski definition) is 7. The molecule has 1 saturated heterocycles. The number of rotatable bonds is 8.